The van der Waals surface area contributed by atoms with Crippen LogP contribution in [0.4, 0.5) is 5.95 Å². The molecule has 1 aromatic carbocycles. The number of H-pyrrole nitrogens is 1. The molecule has 0 atom stereocenters. The second-order valence-corrected chi connectivity index (χ2v) is 4.65. The molecule has 100 valence electrons. The third kappa shape index (κ3) is 3.68. The lowest BCUT2D eigenvalue weighted by Gasteiger charge is -2.18. The molecule has 19 heavy (non-hydrogen) atoms. The Hall–Kier alpha value is -2.10. The van der Waals surface area contributed by atoms with Crippen LogP contribution in [0.3, 0.4) is 0 Å². The Bertz CT molecular complexity index is 577. The molecule has 2 aromatic rings. The average molecular weight is 257 g/mol. The molecule has 1 heterocycles. The monoisotopic (exact) mass is 257 g/mol. The molecule has 0 aliphatic carbocycles. The predicted octanol–water partition coefficient (Wildman–Crippen LogP) is 2.36. The fraction of sp³-hybridized carbons (Fsp3) is 0.333. The second kappa shape index (κ2) is 6.18. The van der Waals surface area contributed by atoms with Gasteiger partial charge < -0.3 is 4.90 Å². The molecule has 0 amide bonds. The Morgan fingerprint density at radius 2 is 2.00 bits per heavy atom. The summed E-state index contributed by atoms with van der Waals surface area (Å²) in [5.41, 5.74) is 1.95. The minimum Gasteiger partial charge on any atom is -0.341 e. The van der Waals surface area contributed by atoms with Gasteiger partial charge >= 0.3 is 0 Å². The van der Waals surface area contributed by atoms with E-state index in [1.165, 1.54) is 5.56 Å². The van der Waals surface area contributed by atoms with Crippen molar-refractivity contribution in [2.24, 2.45) is 0 Å². The van der Waals surface area contributed by atoms with Crippen LogP contribution in [0.1, 0.15) is 24.6 Å². The molecular formula is C15H19N3O. The number of hydrogen-bond donors (Lipinski definition) is 1. The first kappa shape index (κ1) is 13.3. The van der Waals surface area contributed by atoms with Gasteiger partial charge in [0.2, 0.25) is 5.95 Å². The summed E-state index contributed by atoms with van der Waals surface area (Å²) in [5.74, 6) is 0.625. The number of aromatic amines is 1. The van der Waals surface area contributed by atoms with Crippen molar-refractivity contribution in [3.05, 3.63) is 58.0 Å². The standard InChI is InChI=1S/C15H19N3O/c1-3-7-13-10-14(19)17-15(16-13)18(2)11-12-8-5-4-6-9-12/h4-6,8-10H,3,7,11H2,1-2H3,(H,16,17,19). The summed E-state index contributed by atoms with van der Waals surface area (Å²) in [7, 11) is 1.93. The summed E-state index contributed by atoms with van der Waals surface area (Å²) < 4.78 is 0. The van der Waals surface area contributed by atoms with E-state index in [9.17, 15) is 4.79 Å². The first-order valence-corrected chi connectivity index (χ1v) is 6.54. The van der Waals surface area contributed by atoms with Gasteiger partial charge in [0.1, 0.15) is 0 Å². The molecule has 1 aromatic heterocycles. The number of hydrogen-bond acceptors (Lipinski definition) is 3. The topological polar surface area (TPSA) is 49.0 Å². The van der Waals surface area contributed by atoms with E-state index >= 15 is 0 Å². The van der Waals surface area contributed by atoms with Crippen LogP contribution in [0.5, 0.6) is 0 Å². The molecule has 1 N–H and O–H groups in total. The van der Waals surface area contributed by atoms with Crippen LogP contribution in [-0.4, -0.2) is 17.0 Å². The van der Waals surface area contributed by atoms with Crippen LogP contribution in [0.2, 0.25) is 0 Å². The zero-order chi connectivity index (χ0) is 13.7. The second-order valence-electron chi connectivity index (χ2n) is 4.65. The van der Waals surface area contributed by atoms with Gasteiger partial charge in [-0.15, -0.1) is 0 Å². The normalized spacial score (nSPS) is 10.4. The summed E-state index contributed by atoms with van der Waals surface area (Å²) in [6, 6.07) is 11.7. The fourth-order valence-electron chi connectivity index (χ4n) is 1.99. The molecule has 0 unspecified atom stereocenters. The predicted molar refractivity (Wildman–Crippen MR) is 77.4 cm³/mol. The maximum absolute atomic E-state index is 11.6. The lowest BCUT2D eigenvalue weighted by atomic mass is 10.2. The number of nitrogens with one attached hydrogen (secondary N) is 1. The first-order valence-electron chi connectivity index (χ1n) is 6.54. The van der Waals surface area contributed by atoms with Crippen molar-refractivity contribution in [1.82, 2.24) is 9.97 Å². The molecule has 4 heteroatoms. The Morgan fingerprint density at radius 1 is 1.26 bits per heavy atom. The Labute approximate surface area is 113 Å². The van der Waals surface area contributed by atoms with Crippen LogP contribution in [-0.2, 0) is 13.0 Å². The fourth-order valence-corrected chi connectivity index (χ4v) is 1.99. The molecule has 0 saturated heterocycles. The number of benzene rings is 1. The van der Waals surface area contributed by atoms with E-state index < -0.39 is 0 Å². The van der Waals surface area contributed by atoms with Crippen LogP contribution < -0.4 is 10.5 Å². The van der Waals surface area contributed by atoms with Gasteiger partial charge in [-0.05, 0) is 12.0 Å². The molecule has 4 nitrogen and oxygen atoms in total. The van der Waals surface area contributed by atoms with Gasteiger partial charge in [-0.25, -0.2) is 4.98 Å². The number of anilines is 1. The molecule has 0 saturated carbocycles. The molecule has 0 aliphatic heterocycles. The minimum atomic E-state index is -0.0895. The molecule has 0 radical (unpaired) electrons. The summed E-state index contributed by atoms with van der Waals surface area (Å²) in [4.78, 5) is 20.8. The SMILES string of the molecule is CCCc1cc(=O)[nH]c(N(C)Cc2ccccc2)n1. The molecule has 0 spiro atoms. The van der Waals surface area contributed by atoms with Gasteiger partial charge in [0, 0.05) is 25.4 Å². The lowest BCUT2D eigenvalue weighted by Crippen LogP contribution is -2.23. The molecule has 0 aliphatic rings. The van der Waals surface area contributed by atoms with E-state index in [4.69, 9.17) is 0 Å². The highest BCUT2D eigenvalue weighted by atomic mass is 16.1. The number of rotatable bonds is 5. The van der Waals surface area contributed by atoms with Crippen LogP contribution in [0, 0.1) is 0 Å². The number of aromatic nitrogens is 2. The Kier molecular flexibility index (Phi) is 4.34. The number of nitrogens with zero attached hydrogens (tertiary/aromatic N) is 2. The zero-order valence-corrected chi connectivity index (χ0v) is 11.4. The van der Waals surface area contributed by atoms with Gasteiger partial charge in [0.15, 0.2) is 0 Å². The van der Waals surface area contributed by atoms with Crippen LogP contribution in [0.25, 0.3) is 0 Å². The summed E-state index contributed by atoms with van der Waals surface area (Å²) >= 11 is 0. The van der Waals surface area contributed by atoms with Crippen molar-refractivity contribution < 1.29 is 0 Å². The highest BCUT2D eigenvalue weighted by Crippen LogP contribution is 2.09. The average Bonchev–Trinajstić information content (AvgIpc) is 2.39. The van der Waals surface area contributed by atoms with Gasteiger partial charge in [-0.3, -0.25) is 9.78 Å². The van der Waals surface area contributed by atoms with E-state index in [0.29, 0.717) is 5.95 Å². The molecule has 2 rings (SSSR count). The van der Waals surface area contributed by atoms with Crippen molar-refractivity contribution in [1.29, 1.82) is 0 Å². The third-order valence-electron chi connectivity index (χ3n) is 2.91. The van der Waals surface area contributed by atoms with Crippen molar-refractivity contribution >= 4 is 5.95 Å². The van der Waals surface area contributed by atoms with Gasteiger partial charge in [-0.1, -0.05) is 43.7 Å². The summed E-state index contributed by atoms with van der Waals surface area (Å²) in [6.45, 7) is 2.80. The lowest BCUT2D eigenvalue weighted by molar-refractivity contribution is 0.818. The first-order chi connectivity index (χ1) is 9.19. The molecule has 0 bridgehead atoms. The maximum atomic E-state index is 11.6. The van der Waals surface area contributed by atoms with Gasteiger partial charge in [0.05, 0.1) is 0 Å². The van der Waals surface area contributed by atoms with E-state index in [1.807, 2.05) is 30.1 Å². The zero-order valence-electron chi connectivity index (χ0n) is 11.4. The van der Waals surface area contributed by atoms with E-state index in [1.54, 1.807) is 6.07 Å². The van der Waals surface area contributed by atoms with Gasteiger partial charge in [-0.2, -0.15) is 0 Å². The third-order valence-corrected chi connectivity index (χ3v) is 2.91. The molecular weight excluding hydrogens is 238 g/mol. The smallest absolute Gasteiger partial charge is 0.252 e. The van der Waals surface area contributed by atoms with Crippen molar-refractivity contribution in [2.45, 2.75) is 26.3 Å². The van der Waals surface area contributed by atoms with Crippen LogP contribution >= 0.6 is 0 Å². The van der Waals surface area contributed by atoms with E-state index in [-0.39, 0.29) is 5.56 Å². The van der Waals surface area contributed by atoms with Gasteiger partial charge in [0.25, 0.3) is 5.56 Å². The van der Waals surface area contributed by atoms with Crippen LogP contribution in [0.15, 0.2) is 41.2 Å². The largest absolute Gasteiger partial charge is 0.341 e. The Morgan fingerprint density at radius 3 is 2.68 bits per heavy atom. The number of aryl methyl sites for hydroxylation is 1. The van der Waals surface area contributed by atoms with E-state index in [2.05, 4.69) is 29.0 Å². The highest BCUT2D eigenvalue weighted by molar-refractivity contribution is 5.31. The maximum Gasteiger partial charge on any atom is 0.252 e. The Balaban J connectivity index is 2.19. The van der Waals surface area contributed by atoms with Crippen molar-refractivity contribution in [3.63, 3.8) is 0 Å². The molecule has 0 fully saturated rings. The van der Waals surface area contributed by atoms with E-state index in [0.717, 1.165) is 25.1 Å². The summed E-state index contributed by atoms with van der Waals surface area (Å²) in [6.07, 6.45) is 1.81. The highest BCUT2D eigenvalue weighted by Gasteiger charge is 2.06. The minimum absolute atomic E-state index is 0.0895. The van der Waals surface area contributed by atoms with Crippen molar-refractivity contribution in [2.75, 3.05) is 11.9 Å². The quantitative estimate of drug-likeness (QED) is 0.894. The van der Waals surface area contributed by atoms with Crippen molar-refractivity contribution in [3.8, 4) is 0 Å². The summed E-state index contributed by atoms with van der Waals surface area (Å²) in [5, 5.41) is 0.